The fourth-order valence-electron chi connectivity index (χ4n) is 1.40. The number of H-pyrrole nitrogens is 1. The second kappa shape index (κ2) is 4.63. The average Bonchev–Trinajstić information content (AvgIpc) is 2.87. The number of nitrogens with one attached hydrogen (secondary N) is 2. The van der Waals surface area contributed by atoms with Crippen molar-refractivity contribution in [3.8, 4) is 0 Å². The van der Waals surface area contributed by atoms with Gasteiger partial charge in [0.25, 0.3) is 10.0 Å². The third kappa shape index (κ3) is 2.35. The van der Waals surface area contributed by atoms with Gasteiger partial charge < -0.3 is 0 Å². The molecule has 1 atom stereocenters. The molecule has 18 heavy (non-hydrogen) atoms. The molecule has 2 aromatic heterocycles. The van der Waals surface area contributed by atoms with Gasteiger partial charge in [-0.3, -0.25) is 4.68 Å². The summed E-state index contributed by atoms with van der Waals surface area (Å²) in [5, 5.41) is 16.7. The van der Waals surface area contributed by atoms with Crippen molar-refractivity contribution in [2.75, 3.05) is 0 Å². The van der Waals surface area contributed by atoms with Crippen molar-refractivity contribution in [3.05, 3.63) is 17.0 Å². The summed E-state index contributed by atoms with van der Waals surface area (Å²) in [5.41, 5.74) is 0. The summed E-state index contributed by atoms with van der Waals surface area (Å²) in [7, 11) is -2.32. The number of hydrogen-bond acceptors (Lipinski definition) is 6. The predicted molar refractivity (Wildman–Crippen MR) is 61.1 cm³/mol. The van der Waals surface area contributed by atoms with E-state index in [0.717, 1.165) is 0 Å². The van der Waals surface area contributed by atoms with Gasteiger partial charge in [0.05, 0.1) is 17.3 Å². The Bertz CT molecular complexity index is 615. The average molecular weight is 292 g/mol. The summed E-state index contributed by atoms with van der Waals surface area (Å²) in [6.45, 7) is 1.59. The molecule has 2 rings (SSSR count). The molecule has 2 aromatic rings. The van der Waals surface area contributed by atoms with E-state index in [1.807, 2.05) is 0 Å². The molecule has 98 valence electrons. The SMILES string of the molecule is CC(NS(=O)(=O)c1c(Cl)cnn1C)c1nn[nH]n1. The van der Waals surface area contributed by atoms with Crippen LogP contribution < -0.4 is 4.72 Å². The van der Waals surface area contributed by atoms with Crippen molar-refractivity contribution in [2.45, 2.75) is 18.0 Å². The highest BCUT2D eigenvalue weighted by molar-refractivity contribution is 7.89. The van der Waals surface area contributed by atoms with Crippen LogP contribution in [0.15, 0.2) is 11.2 Å². The van der Waals surface area contributed by atoms with E-state index in [2.05, 4.69) is 30.4 Å². The normalized spacial score (nSPS) is 13.7. The van der Waals surface area contributed by atoms with E-state index in [9.17, 15) is 8.42 Å². The molecule has 0 bridgehead atoms. The minimum atomic E-state index is -3.81. The maximum Gasteiger partial charge on any atom is 0.259 e. The second-order valence-electron chi connectivity index (χ2n) is 3.53. The molecule has 0 saturated heterocycles. The summed E-state index contributed by atoms with van der Waals surface area (Å²) in [6.07, 6.45) is 1.26. The van der Waals surface area contributed by atoms with E-state index in [1.54, 1.807) is 6.92 Å². The molecule has 0 spiro atoms. The lowest BCUT2D eigenvalue weighted by molar-refractivity contribution is 0.544. The van der Waals surface area contributed by atoms with Crippen LogP contribution in [0.5, 0.6) is 0 Å². The molecule has 0 radical (unpaired) electrons. The van der Waals surface area contributed by atoms with E-state index >= 15 is 0 Å². The molecule has 2 heterocycles. The van der Waals surface area contributed by atoms with E-state index < -0.39 is 16.1 Å². The van der Waals surface area contributed by atoms with Crippen molar-refractivity contribution >= 4 is 21.6 Å². The van der Waals surface area contributed by atoms with Gasteiger partial charge in [-0.15, -0.1) is 10.2 Å². The standard InChI is InChI=1S/C7H10ClN7O2S/c1-4(6-10-13-14-11-6)12-18(16,17)7-5(8)3-9-15(7)2/h3-4,12H,1-2H3,(H,10,11,13,14). The largest absolute Gasteiger partial charge is 0.259 e. The van der Waals surface area contributed by atoms with E-state index in [4.69, 9.17) is 11.6 Å². The number of aromatic nitrogens is 6. The van der Waals surface area contributed by atoms with Crippen LogP contribution in [-0.4, -0.2) is 38.8 Å². The maximum atomic E-state index is 12.1. The number of halogens is 1. The Hall–Kier alpha value is -1.52. The van der Waals surface area contributed by atoms with Crippen molar-refractivity contribution in [1.82, 2.24) is 35.1 Å². The number of aryl methyl sites for hydroxylation is 1. The van der Waals surface area contributed by atoms with Gasteiger partial charge in [0.2, 0.25) is 0 Å². The number of aromatic amines is 1. The van der Waals surface area contributed by atoms with Crippen LogP contribution in [0.25, 0.3) is 0 Å². The summed E-state index contributed by atoms with van der Waals surface area (Å²) in [5.74, 6) is 0.233. The third-order valence-corrected chi connectivity index (χ3v) is 4.22. The monoisotopic (exact) mass is 291 g/mol. The minimum Gasteiger partial charge on any atom is -0.255 e. The van der Waals surface area contributed by atoms with Crippen LogP contribution in [-0.2, 0) is 17.1 Å². The van der Waals surface area contributed by atoms with E-state index in [1.165, 1.54) is 17.9 Å². The first kappa shape index (κ1) is 12.9. The van der Waals surface area contributed by atoms with Crippen LogP contribution in [0.4, 0.5) is 0 Å². The quantitative estimate of drug-likeness (QED) is 0.793. The van der Waals surface area contributed by atoms with Gasteiger partial charge >= 0.3 is 0 Å². The molecule has 9 nitrogen and oxygen atoms in total. The molecule has 0 aliphatic heterocycles. The third-order valence-electron chi connectivity index (χ3n) is 2.18. The van der Waals surface area contributed by atoms with Gasteiger partial charge in [-0.05, 0) is 6.92 Å². The number of nitrogens with zero attached hydrogens (tertiary/aromatic N) is 5. The maximum absolute atomic E-state index is 12.1. The zero-order chi connectivity index (χ0) is 13.3. The highest BCUT2D eigenvalue weighted by atomic mass is 35.5. The second-order valence-corrected chi connectivity index (χ2v) is 5.57. The topological polar surface area (TPSA) is 118 Å². The summed E-state index contributed by atoms with van der Waals surface area (Å²) in [6, 6.07) is -0.639. The first-order chi connectivity index (χ1) is 8.42. The lowest BCUT2D eigenvalue weighted by Crippen LogP contribution is -2.29. The molecule has 0 fully saturated rings. The molecular weight excluding hydrogens is 282 g/mol. The Morgan fingerprint density at radius 3 is 2.78 bits per heavy atom. The van der Waals surface area contributed by atoms with Crippen molar-refractivity contribution < 1.29 is 8.42 Å². The number of tetrazole rings is 1. The van der Waals surface area contributed by atoms with Crippen LogP contribution >= 0.6 is 11.6 Å². The van der Waals surface area contributed by atoms with Gasteiger partial charge in [0, 0.05) is 7.05 Å². The fourth-order valence-corrected chi connectivity index (χ4v) is 3.25. The predicted octanol–water partition coefficient (Wildman–Crippen LogP) is -0.374. The number of hydrogen-bond donors (Lipinski definition) is 2. The molecule has 0 aromatic carbocycles. The summed E-state index contributed by atoms with van der Waals surface area (Å²) < 4.78 is 27.8. The van der Waals surface area contributed by atoms with E-state index in [0.29, 0.717) is 0 Å². The lowest BCUT2D eigenvalue weighted by Gasteiger charge is -2.11. The van der Waals surface area contributed by atoms with Gasteiger partial charge in [-0.25, -0.2) is 8.42 Å². The molecule has 0 saturated carbocycles. The summed E-state index contributed by atoms with van der Waals surface area (Å²) >= 11 is 5.79. The van der Waals surface area contributed by atoms with Crippen LogP contribution in [0.2, 0.25) is 5.02 Å². The Labute approximate surface area is 108 Å². The van der Waals surface area contributed by atoms with Crippen LogP contribution in [0, 0.1) is 0 Å². The van der Waals surface area contributed by atoms with Gasteiger partial charge in [-0.1, -0.05) is 16.8 Å². The van der Waals surface area contributed by atoms with Crippen LogP contribution in [0.3, 0.4) is 0 Å². The molecule has 11 heteroatoms. The zero-order valence-electron chi connectivity index (χ0n) is 9.49. The van der Waals surface area contributed by atoms with Gasteiger partial charge in [0.15, 0.2) is 10.9 Å². The minimum absolute atomic E-state index is 0.0466. The lowest BCUT2D eigenvalue weighted by atomic mass is 10.4. The Morgan fingerprint density at radius 1 is 1.56 bits per heavy atom. The zero-order valence-corrected chi connectivity index (χ0v) is 11.1. The van der Waals surface area contributed by atoms with Crippen LogP contribution in [0.1, 0.15) is 18.8 Å². The number of sulfonamides is 1. The van der Waals surface area contributed by atoms with Crippen molar-refractivity contribution in [2.24, 2.45) is 7.05 Å². The summed E-state index contributed by atoms with van der Waals surface area (Å²) in [4.78, 5) is 0. The van der Waals surface area contributed by atoms with Gasteiger partial charge in [-0.2, -0.15) is 15.0 Å². The number of rotatable bonds is 4. The molecule has 0 amide bonds. The highest BCUT2D eigenvalue weighted by Gasteiger charge is 2.26. The first-order valence-corrected chi connectivity index (χ1v) is 6.71. The Morgan fingerprint density at radius 2 is 2.28 bits per heavy atom. The fraction of sp³-hybridized carbons (Fsp3) is 0.429. The van der Waals surface area contributed by atoms with E-state index in [-0.39, 0.29) is 15.9 Å². The smallest absolute Gasteiger partial charge is 0.255 e. The molecule has 2 N–H and O–H groups in total. The van der Waals surface area contributed by atoms with Crippen molar-refractivity contribution in [3.63, 3.8) is 0 Å². The molecular formula is C7H10ClN7O2S. The Balaban J connectivity index is 2.28. The highest BCUT2D eigenvalue weighted by Crippen LogP contribution is 2.21. The van der Waals surface area contributed by atoms with Gasteiger partial charge in [0.1, 0.15) is 0 Å². The molecule has 1 unspecified atom stereocenters. The molecule has 0 aliphatic carbocycles. The Kier molecular flexibility index (Phi) is 3.32. The molecule has 0 aliphatic rings. The van der Waals surface area contributed by atoms with Crippen molar-refractivity contribution in [1.29, 1.82) is 0 Å². The first-order valence-electron chi connectivity index (χ1n) is 4.85.